The zero-order valence-corrected chi connectivity index (χ0v) is 16.6. The molecule has 0 bridgehead atoms. The Hall–Kier alpha value is -3.40. The lowest BCUT2D eigenvalue weighted by Crippen LogP contribution is -1.93. The molecule has 0 aliphatic carbocycles. The molecule has 0 aliphatic heterocycles. The summed E-state index contributed by atoms with van der Waals surface area (Å²) in [7, 11) is 1.80. The van der Waals surface area contributed by atoms with Crippen LogP contribution in [-0.2, 0) is 4.79 Å². The Morgan fingerprint density at radius 3 is 2.50 bits per heavy atom. The molecule has 0 radical (unpaired) electrons. The van der Waals surface area contributed by atoms with Crippen molar-refractivity contribution in [2.75, 3.05) is 7.05 Å². The molecule has 0 amide bonds. The van der Waals surface area contributed by atoms with Gasteiger partial charge in [-0.15, -0.1) is 0 Å². The number of carbonyl (C=O) groups excluding carboxylic acids is 2. The van der Waals surface area contributed by atoms with E-state index in [2.05, 4.69) is 42.3 Å². The van der Waals surface area contributed by atoms with Gasteiger partial charge in [0.15, 0.2) is 12.1 Å². The van der Waals surface area contributed by atoms with Crippen molar-refractivity contribution < 1.29 is 9.59 Å². The number of ketones is 1. The van der Waals surface area contributed by atoms with Crippen molar-refractivity contribution in [3.63, 3.8) is 0 Å². The van der Waals surface area contributed by atoms with E-state index in [1.54, 1.807) is 38.4 Å². The van der Waals surface area contributed by atoms with Gasteiger partial charge in [-0.1, -0.05) is 18.2 Å². The van der Waals surface area contributed by atoms with Crippen LogP contribution in [0.25, 0.3) is 27.6 Å². The molecule has 0 spiro atoms. The van der Waals surface area contributed by atoms with Crippen LogP contribution in [-0.4, -0.2) is 24.1 Å². The highest BCUT2D eigenvalue weighted by Crippen LogP contribution is 2.37. The molecule has 3 rings (SSSR count). The Morgan fingerprint density at radius 1 is 1.07 bits per heavy atom. The van der Waals surface area contributed by atoms with Crippen molar-refractivity contribution in [2.24, 2.45) is 0 Å². The first-order chi connectivity index (χ1) is 13.5. The topological polar surface area (TPSA) is 62.0 Å². The molecular formula is C24H24N2O2. The van der Waals surface area contributed by atoms with Gasteiger partial charge >= 0.3 is 0 Å². The van der Waals surface area contributed by atoms with Crippen LogP contribution in [0.5, 0.6) is 0 Å². The molecular weight excluding hydrogens is 348 g/mol. The van der Waals surface area contributed by atoms with Crippen molar-refractivity contribution in [3.8, 4) is 11.1 Å². The number of aromatic nitrogens is 1. The van der Waals surface area contributed by atoms with Crippen molar-refractivity contribution in [3.05, 3.63) is 77.1 Å². The molecule has 0 fully saturated rings. The summed E-state index contributed by atoms with van der Waals surface area (Å²) in [4.78, 5) is 27.1. The van der Waals surface area contributed by atoms with Gasteiger partial charge in [-0.05, 0) is 74.0 Å². The molecule has 4 heteroatoms. The van der Waals surface area contributed by atoms with Gasteiger partial charge in [0, 0.05) is 34.7 Å². The third-order valence-electron chi connectivity index (χ3n) is 4.96. The summed E-state index contributed by atoms with van der Waals surface area (Å²) in [5.74, 6) is 0.0128. The van der Waals surface area contributed by atoms with Gasteiger partial charge < -0.3 is 10.3 Å². The molecule has 28 heavy (non-hydrogen) atoms. The molecule has 2 N–H and O–H groups in total. The second-order valence-electron chi connectivity index (χ2n) is 6.88. The smallest absolute Gasteiger partial charge is 0.159 e. The van der Waals surface area contributed by atoms with Crippen LogP contribution in [0.1, 0.15) is 34.1 Å². The predicted molar refractivity (Wildman–Crippen MR) is 115 cm³/mol. The maximum atomic E-state index is 11.9. The Balaban J connectivity index is 2.35. The molecule has 4 nitrogen and oxygen atoms in total. The molecule has 0 saturated heterocycles. The van der Waals surface area contributed by atoms with E-state index >= 15 is 0 Å². The number of hydrogen-bond acceptors (Lipinski definition) is 3. The number of nitrogens with one attached hydrogen (secondary N) is 2. The molecule has 1 aromatic heterocycles. The van der Waals surface area contributed by atoms with Crippen LogP contribution in [0, 0.1) is 13.8 Å². The Morgan fingerprint density at radius 2 is 1.86 bits per heavy atom. The predicted octanol–water partition coefficient (Wildman–Crippen LogP) is 4.97. The number of carbonyl (C=O) groups is 2. The highest BCUT2D eigenvalue weighted by atomic mass is 16.1. The van der Waals surface area contributed by atoms with Crippen LogP contribution < -0.4 is 5.32 Å². The summed E-state index contributed by atoms with van der Waals surface area (Å²) in [6.45, 7) is 5.70. The second-order valence-corrected chi connectivity index (χ2v) is 6.88. The average Bonchev–Trinajstić information content (AvgIpc) is 3.05. The first-order valence-corrected chi connectivity index (χ1v) is 9.20. The van der Waals surface area contributed by atoms with E-state index in [1.165, 1.54) is 11.1 Å². The van der Waals surface area contributed by atoms with E-state index in [9.17, 15) is 9.59 Å². The fraction of sp³-hybridized carbons (Fsp3) is 0.167. The van der Waals surface area contributed by atoms with Crippen molar-refractivity contribution in [2.45, 2.75) is 20.8 Å². The molecule has 142 valence electrons. The van der Waals surface area contributed by atoms with Gasteiger partial charge in [-0.2, -0.15) is 0 Å². The van der Waals surface area contributed by atoms with Gasteiger partial charge in [-0.25, -0.2) is 0 Å². The Labute approximate surface area is 165 Å². The zero-order valence-electron chi connectivity index (χ0n) is 16.6. The molecule has 0 saturated carbocycles. The van der Waals surface area contributed by atoms with Gasteiger partial charge in [0.05, 0.1) is 5.69 Å². The minimum absolute atomic E-state index is 0.0128. The molecule has 0 atom stereocenters. The summed E-state index contributed by atoms with van der Waals surface area (Å²) in [6.07, 6.45) is 6.17. The maximum absolute atomic E-state index is 11.9. The highest BCUT2D eigenvalue weighted by Gasteiger charge is 2.18. The number of allylic oxidation sites excluding steroid dienone is 3. The average molecular weight is 372 g/mol. The summed E-state index contributed by atoms with van der Waals surface area (Å²) >= 11 is 0. The highest BCUT2D eigenvalue weighted by molar-refractivity contribution is 6.14. The largest absolute Gasteiger partial charge is 0.394 e. The first-order valence-electron chi connectivity index (χ1n) is 9.20. The van der Waals surface area contributed by atoms with E-state index in [-0.39, 0.29) is 5.78 Å². The van der Waals surface area contributed by atoms with Crippen LogP contribution in [0.2, 0.25) is 0 Å². The molecule has 0 aliphatic rings. The molecule has 1 heterocycles. The normalized spacial score (nSPS) is 11.9. The van der Waals surface area contributed by atoms with Crippen LogP contribution in [0.15, 0.2) is 54.8 Å². The number of aryl methyl sites for hydroxylation is 2. The number of fused-ring (bicyclic) bond motifs is 1. The van der Waals surface area contributed by atoms with E-state index in [1.807, 2.05) is 12.1 Å². The van der Waals surface area contributed by atoms with Crippen LogP contribution in [0.3, 0.4) is 0 Å². The Bertz CT molecular complexity index is 1120. The minimum atomic E-state index is 0.0128. The van der Waals surface area contributed by atoms with E-state index < -0.39 is 0 Å². The second kappa shape index (κ2) is 8.09. The molecule has 2 aromatic carbocycles. The number of hydrogen-bond donors (Lipinski definition) is 2. The quantitative estimate of drug-likeness (QED) is 0.278. The monoisotopic (exact) mass is 372 g/mol. The Kier molecular flexibility index (Phi) is 5.59. The number of H-pyrrole nitrogens is 1. The lowest BCUT2D eigenvalue weighted by molar-refractivity contribution is -0.103. The third-order valence-corrected chi connectivity index (χ3v) is 4.96. The van der Waals surface area contributed by atoms with Crippen molar-refractivity contribution >= 4 is 28.5 Å². The molecule has 3 aromatic rings. The lowest BCUT2D eigenvalue weighted by Gasteiger charge is -2.08. The fourth-order valence-corrected chi connectivity index (χ4v) is 3.25. The fourth-order valence-electron chi connectivity index (χ4n) is 3.25. The minimum Gasteiger partial charge on any atom is -0.394 e. The summed E-state index contributed by atoms with van der Waals surface area (Å²) in [5, 5.41) is 3.84. The van der Waals surface area contributed by atoms with Gasteiger partial charge in [-0.3, -0.25) is 9.59 Å². The van der Waals surface area contributed by atoms with Crippen molar-refractivity contribution in [1.29, 1.82) is 0 Å². The number of rotatable bonds is 6. The zero-order chi connectivity index (χ0) is 20.3. The van der Waals surface area contributed by atoms with E-state index in [0.717, 1.165) is 34.0 Å². The number of benzene rings is 2. The SMILES string of the molecule is CN/C=C\C=C(/C=O)c1[nH]c2ccc(C(C)=O)cc2c1-c1ccc(C)c(C)c1. The number of aromatic amines is 1. The van der Waals surface area contributed by atoms with Crippen LogP contribution in [0.4, 0.5) is 0 Å². The molecule has 0 unspecified atom stereocenters. The first kappa shape index (κ1) is 19.4. The van der Waals surface area contributed by atoms with E-state index in [4.69, 9.17) is 0 Å². The maximum Gasteiger partial charge on any atom is 0.159 e. The van der Waals surface area contributed by atoms with Gasteiger partial charge in [0.25, 0.3) is 0 Å². The lowest BCUT2D eigenvalue weighted by atomic mass is 9.95. The number of Topliss-reactive ketones (excluding diaryl/α,β-unsaturated/α-hetero) is 1. The standard InChI is InChI=1S/C24H24N2O2/c1-15-7-8-19(12-16(15)2)23-21-13-18(17(3)28)9-10-22(21)26-24(23)20(14-27)6-5-11-25-4/h5-14,25-26H,1-4H3/b11-5-,20-6+. The van der Waals surface area contributed by atoms with Crippen LogP contribution >= 0.6 is 0 Å². The summed E-state index contributed by atoms with van der Waals surface area (Å²) in [5.41, 5.74) is 7.14. The number of aldehydes is 1. The summed E-state index contributed by atoms with van der Waals surface area (Å²) in [6, 6.07) is 11.8. The van der Waals surface area contributed by atoms with E-state index in [0.29, 0.717) is 11.1 Å². The van der Waals surface area contributed by atoms with Gasteiger partial charge in [0.1, 0.15) is 0 Å². The summed E-state index contributed by atoms with van der Waals surface area (Å²) < 4.78 is 0. The third kappa shape index (κ3) is 3.67. The van der Waals surface area contributed by atoms with Crippen molar-refractivity contribution in [1.82, 2.24) is 10.3 Å². The van der Waals surface area contributed by atoms with Gasteiger partial charge in [0.2, 0.25) is 0 Å².